The van der Waals surface area contributed by atoms with Crippen molar-refractivity contribution >= 4 is 34.6 Å². The van der Waals surface area contributed by atoms with Crippen LogP contribution in [0.5, 0.6) is 0 Å². The van der Waals surface area contributed by atoms with Crippen molar-refractivity contribution in [1.29, 1.82) is 0 Å². The molecule has 7 heteroatoms. The summed E-state index contributed by atoms with van der Waals surface area (Å²) in [4.78, 5) is 3.18. The standard InChI is InChI=1S/C24H37BO4S2/c1-7-9-10-11-16-24(26,27-17-8-2)20-14-12-18(30-20)19-13-15-21(31-19)25-28-22(3,4)23(5,6)29-25/h12-15,26H,7-11,16-17H2,1-6H3. The van der Waals surface area contributed by atoms with Crippen LogP contribution in [0, 0.1) is 0 Å². The third-order valence-corrected chi connectivity index (χ3v) is 8.78. The molecule has 0 bridgehead atoms. The molecule has 1 fully saturated rings. The number of aliphatic hydroxyl groups is 1. The first-order chi connectivity index (χ1) is 14.6. The van der Waals surface area contributed by atoms with Crippen LogP contribution in [0.4, 0.5) is 0 Å². The summed E-state index contributed by atoms with van der Waals surface area (Å²) in [5, 5.41) is 11.3. The molecule has 3 heterocycles. The third kappa shape index (κ3) is 5.63. The Morgan fingerprint density at radius 3 is 2.19 bits per heavy atom. The minimum Gasteiger partial charge on any atom is -0.399 e. The van der Waals surface area contributed by atoms with Gasteiger partial charge in [-0.05, 0) is 58.7 Å². The summed E-state index contributed by atoms with van der Waals surface area (Å²) in [7, 11) is -0.341. The van der Waals surface area contributed by atoms with Gasteiger partial charge in [-0.15, -0.1) is 22.7 Å². The fourth-order valence-electron chi connectivity index (χ4n) is 3.58. The van der Waals surface area contributed by atoms with E-state index in [2.05, 4.69) is 59.7 Å². The van der Waals surface area contributed by atoms with E-state index in [0.29, 0.717) is 13.0 Å². The van der Waals surface area contributed by atoms with Crippen LogP contribution in [-0.2, 0) is 19.8 Å². The summed E-state index contributed by atoms with van der Waals surface area (Å²) in [6.45, 7) is 13.1. The van der Waals surface area contributed by atoms with Crippen LogP contribution >= 0.6 is 22.7 Å². The highest BCUT2D eigenvalue weighted by Crippen LogP contribution is 2.41. The molecule has 1 aliphatic heterocycles. The highest BCUT2D eigenvalue weighted by atomic mass is 32.1. The van der Waals surface area contributed by atoms with Crippen molar-refractivity contribution in [2.45, 2.75) is 97.1 Å². The molecular formula is C24H37BO4S2. The van der Waals surface area contributed by atoms with Crippen LogP contribution < -0.4 is 4.78 Å². The average Bonchev–Trinajstić information content (AvgIpc) is 3.42. The zero-order valence-electron chi connectivity index (χ0n) is 19.8. The number of hydrogen-bond donors (Lipinski definition) is 1. The minimum atomic E-state index is -1.20. The molecule has 0 spiro atoms. The van der Waals surface area contributed by atoms with E-state index in [1.807, 2.05) is 6.07 Å². The van der Waals surface area contributed by atoms with E-state index in [1.54, 1.807) is 22.7 Å². The van der Waals surface area contributed by atoms with Crippen LogP contribution in [0.25, 0.3) is 9.75 Å². The van der Waals surface area contributed by atoms with Crippen LogP contribution in [0.1, 0.15) is 84.9 Å². The fourth-order valence-corrected chi connectivity index (χ4v) is 5.72. The fraction of sp³-hybridized carbons (Fsp3) is 0.667. The average molecular weight is 465 g/mol. The molecule has 2 aromatic rings. The van der Waals surface area contributed by atoms with Crippen molar-refractivity contribution < 1.29 is 19.2 Å². The zero-order valence-corrected chi connectivity index (χ0v) is 21.5. The predicted octanol–water partition coefficient (Wildman–Crippen LogP) is 6.32. The number of rotatable bonds is 11. The number of ether oxygens (including phenoxy) is 1. The van der Waals surface area contributed by atoms with Gasteiger partial charge < -0.3 is 19.2 Å². The number of unbranched alkanes of at least 4 members (excludes halogenated alkanes) is 3. The van der Waals surface area contributed by atoms with Crippen LogP contribution in [0.2, 0.25) is 0 Å². The Kier molecular flexibility index (Phi) is 8.09. The molecule has 1 unspecified atom stereocenters. The Hall–Kier alpha value is -0.695. The number of thiophene rings is 2. The summed E-state index contributed by atoms with van der Waals surface area (Å²) in [5.41, 5.74) is -0.689. The molecule has 1 aliphatic rings. The van der Waals surface area contributed by atoms with E-state index in [-0.39, 0.29) is 18.3 Å². The summed E-state index contributed by atoms with van der Waals surface area (Å²) >= 11 is 3.31. The summed E-state index contributed by atoms with van der Waals surface area (Å²) in [6, 6.07) is 8.32. The van der Waals surface area contributed by atoms with E-state index in [4.69, 9.17) is 14.0 Å². The second kappa shape index (κ2) is 10.1. The molecule has 31 heavy (non-hydrogen) atoms. The third-order valence-electron chi connectivity index (χ3n) is 6.26. The molecule has 0 amide bonds. The maximum absolute atomic E-state index is 11.3. The van der Waals surface area contributed by atoms with Gasteiger partial charge in [0.1, 0.15) is 0 Å². The lowest BCUT2D eigenvalue weighted by atomic mass is 9.88. The smallest absolute Gasteiger partial charge is 0.399 e. The van der Waals surface area contributed by atoms with Gasteiger partial charge in [-0.1, -0.05) is 39.2 Å². The number of hydrogen-bond acceptors (Lipinski definition) is 6. The zero-order chi connectivity index (χ0) is 22.7. The molecular weight excluding hydrogens is 427 g/mol. The Bertz CT molecular complexity index is 828. The molecule has 3 rings (SSSR count). The van der Waals surface area contributed by atoms with Crippen molar-refractivity contribution in [2.24, 2.45) is 0 Å². The lowest BCUT2D eigenvalue weighted by molar-refractivity contribution is -0.215. The van der Waals surface area contributed by atoms with Gasteiger partial charge in [-0.25, -0.2) is 0 Å². The van der Waals surface area contributed by atoms with Gasteiger partial charge in [0.05, 0.1) is 22.7 Å². The second-order valence-electron chi connectivity index (χ2n) is 9.40. The first-order valence-corrected chi connectivity index (χ1v) is 13.2. The Labute approximate surface area is 196 Å². The summed E-state index contributed by atoms with van der Waals surface area (Å²) in [5.74, 6) is -1.20. The highest BCUT2D eigenvalue weighted by Gasteiger charge is 2.52. The van der Waals surface area contributed by atoms with E-state index < -0.39 is 5.79 Å². The molecule has 172 valence electrons. The maximum Gasteiger partial charge on any atom is 0.505 e. The lowest BCUT2D eigenvalue weighted by Gasteiger charge is -2.32. The normalized spacial score (nSPS) is 19.6. The Balaban J connectivity index is 1.75. The van der Waals surface area contributed by atoms with Crippen molar-refractivity contribution in [3.8, 4) is 9.75 Å². The molecule has 1 N–H and O–H groups in total. The van der Waals surface area contributed by atoms with Crippen molar-refractivity contribution in [3.05, 3.63) is 29.1 Å². The van der Waals surface area contributed by atoms with Crippen molar-refractivity contribution in [1.82, 2.24) is 0 Å². The van der Waals surface area contributed by atoms with Crippen LogP contribution in [0.3, 0.4) is 0 Å². The van der Waals surface area contributed by atoms with E-state index in [9.17, 15) is 5.11 Å². The molecule has 0 aromatic carbocycles. The van der Waals surface area contributed by atoms with Gasteiger partial charge in [0.25, 0.3) is 0 Å². The predicted molar refractivity (Wildman–Crippen MR) is 132 cm³/mol. The molecule has 1 atom stereocenters. The topological polar surface area (TPSA) is 47.9 Å². The molecule has 0 aliphatic carbocycles. The van der Waals surface area contributed by atoms with E-state index in [0.717, 1.165) is 38.7 Å². The lowest BCUT2D eigenvalue weighted by Crippen LogP contribution is -2.41. The van der Waals surface area contributed by atoms with Gasteiger partial charge in [-0.2, -0.15) is 0 Å². The van der Waals surface area contributed by atoms with Gasteiger partial charge >= 0.3 is 7.12 Å². The highest BCUT2D eigenvalue weighted by molar-refractivity contribution is 7.28. The second-order valence-corrected chi connectivity index (χ2v) is 11.6. The SMILES string of the molecule is CCCCCCC(O)(OCCC)c1ccc(-c2ccc(B3OC(C)(C)C(C)(C)O3)s2)s1. The summed E-state index contributed by atoms with van der Waals surface area (Å²) < 4.78 is 19.4. The van der Waals surface area contributed by atoms with Gasteiger partial charge in [0.15, 0.2) is 0 Å². The maximum atomic E-state index is 11.3. The molecule has 1 saturated heterocycles. The molecule has 0 saturated carbocycles. The first-order valence-electron chi connectivity index (χ1n) is 11.5. The largest absolute Gasteiger partial charge is 0.505 e. The van der Waals surface area contributed by atoms with Crippen LogP contribution in [-0.4, -0.2) is 30.0 Å². The first kappa shape index (κ1) is 24.9. The minimum absolute atomic E-state index is 0.341. The van der Waals surface area contributed by atoms with E-state index in [1.165, 1.54) is 12.8 Å². The summed E-state index contributed by atoms with van der Waals surface area (Å²) in [6.07, 6.45) is 5.98. The molecule has 2 aromatic heterocycles. The quantitative estimate of drug-likeness (QED) is 0.240. The van der Waals surface area contributed by atoms with Crippen molar-refractivity contribution in [2.75, 3.05) is 6.61 Å². The van der Waals surface area contributed by atoms with Gasteiger partial charge in [0, 0.05) is 21.0 Å². The Morgan fingerprint density at radius 2 is 1.55 bits per heavy atom. The van der Waals surface area contributed by atoms with Gasteiger partial charge in [-0.3, -0.25) is 0 Å². The van der Waals surface area contributed by atoms with Crippen LogP contribution in [0.15, 0.2) is 24.3 Å². The Morgan fingerprint density at radius 1 is 0.903 bits per heavy atom. The molecule has 0 radical (unpaired) electrons. The van der Waals surface area contributed by atoms with E-state index >= 15 is 0 Å². The van der Waals surface area contributed by atoms with Gasteiger partial charge in [0.2, 0.25) is 5.79 Å². The monoisotopic (exact) mass is 464 g/mol. The molecule has 4 nitrogen and oxygen atoms in total. The van der Waals surface area contributed by atoms with Crippen molar-refractivity contribution in [3.63, 3.8) is 0 Å².